The first-order chi connectivity index (χ1) is 5.61. The van der Waals surface area contributed by atoms with Gasteiger partial charge in [0.25, 0.3) is 6.43 Å². The fourth-order valence-corrected chi connectivity index (χ4v) is 0.948. The van der Waals surface area contributed by atoms with Crippen LogP contribution in [-0.4, -0.2) is 11.4 Å². The van der Waals surface area contributed by atoms with Crippen LogP contribution in [0.3, 0.4) is 0 Å². The number of hydrogen-bond donors (Lipinski definition) is 1. The van der Waals surface area contributed by atoms with E-state index in [0.717, 1.165) is 4.47 Å². The van der Waals surface area contributed by atoms with Crippen LogP contribution in [0.15, 0.2) is 22.8 Å². The Morgan fingerprint density at radius 1 is 1.42 bits per heavy atom. The van der Waals surface area contributed by atoms with Crippen molar-refractivity contribution in [1.29, 1.82) is 0 Å². The third-order valence-electron chi connectivity index (χ3n) is 1.36. The number of alkyl halides is 2. The predicted molar refractivity (Wildman–Crippen MR) is 44.9 cm³/mol. The molecule has 0 unspecified atom stereocenters. The van der Waals surface area contributed by atoms with Gasteiger partial charge in [0.15, 0.2) is 0 Å². The van der Waals surface area contributed by atoms with Gasteiger partial charge in [0.1, 0.15) is 6.04 Å². The molecule has 0 aromatic carbocycles. The molecule has 0 aliphatic heterocycles. The molecule has 0 aliphatic carbocycles. The summed E-state index contributed by atoms with van der Waals surface area (Å²) in [6.45, 7) is 0. The molecule has 66 valence electrons. The van der Waals surface area contributed by atoms with Crippen molar-refractivity contribution in [2.75, 3.05) is 0 Å². The molecular formula is C7H7BrF2N2. The van der Waals surface area contributed by atoms with Crippen molar-refractivity contribution >= 4 is 15.9 Å². The quantitative estimate of drug-likeness (QED) is 0.855. The molecule has 1 aromatic rings. The second-order valence-corrected chi connectivity index (χ2v) is 3.18. The fourth-order valence-electron chi connectivity index (χ4n) is 0.714. The van der Waals surface area contributed by atoms with Crippen LogP contribution >= 0.6 is 15.9 Å². The van der Waals surface area contributed by atoms with Crippen LogP contribution in [0.25, 0.3) is 0 Å². The van der Waals surface area contributed by atoms with Crippen LogP contribution in [-0.2, 0) is 0 Å². The molecule has 0 amide bonds. The summed E-state index contributed by atoms with van der Waals surface area (Å²) in [5.74, 6) is 0. The van der Waals surface area contributed by atoms with Crippen LogP contribution in [0.1, 0.15) is 11.7 Å². The first kappa shape index (κ1) is 9.54. The predicted octanol–water partition coefficient (Wildman–Crippen LogP) is 2.11. The van der Waals surface area contributed by atoms with Gasteiger partial charge in [0.2, 0.25) is 0 Å². The number of nitrogens with zero attached hydrogens (tertiary/aromatic N) is 1. The second kappa shape index (κ2) is 3.91. The van der Waals surface area contributed by atoms with Crippen LogP contribution in [0.4, 0.5) is 8.78 Å². The Labute approximate surface area is 76.9 Å². The van der Waals surface area contributed by atoms with Crippen molar-refractivity contribution in [2.45, 2.75) is 12.5 Å². The van der Waals surface area contributed by atoms with E-state index in [2.05, 4.69) is 20.9 Å². The Morgan fingerprint density at radius 2 is 2.08 bits per heavy atom. The summed E-state index contributed by atoms with van der Waals surface area (Å²) < 4.78 is 24.8. The molecule has 0 saturated carbocycles. The topological polar surface area (TPSA) is 38.9 Å². The summed E-state index contributed by atoms with van der Waals surface area (Å²) in [7, 11) is 0. The molecule has 2 nitrogen and oxygen atoms in total. The monoisotopic (exact) mass is 236 g/mol. The maximum Gasteiger partial charge on any atom is 0.259 e. The van der Waals surface area contributed by atoms with Gasteiger partial charge in [-0.3, -0.25) is 4.98 Å². The zero-order valence-electron chi connectivity index (χ0n) is 6.05. The van der Waals surface area contributed by atoms with Crippen LogP contribution in [0.2, 0.25) is 0 Å². The molecule has 1 aromatic heterocycles. The fraction of sp³-hybridized carbons (Fsp3) is 0.286. The number of nitrogens with two attached hydrogens (primary N) is 1. The Hall–Kier alpha value is -0.550. The van der Waals surface area contributed by atoms with E-state index in [-0.39, 0.29) is 5.69 Å². The molecule has 5 heteroatoms. The summed E-state index contributed by atoms with van der Waals surface area (Å²) >= 11 is 3.14. The van der Waals surface area contributed by atoms with E-state index in [9.17, 15) is 8.78 Å². The van der Waals surface area contributed by atoms with E-state index < -0.39 is 12.5 Å². The number of hydrogen-bond acceptors (Lipinski definition) is 2. The minimum Gasteiger partial charge on any atom is -0.318 e. The zero-order valence-corrected chi connectivity index (χ0v) is 7.63. The highest BCUT2D eigenvalue weighted by Gasteiger charge is 2.18. The molecule has 2 N–H and O–H groups in total. The third kappa shape index (κ3) is 2.22. The molecular weight excluding hydrogens is 230 g/mol. The smallest absolute Gasteiger partial charge is 0.259 e. The number of halogens is 3. The van der Waals surface area contributed by atoms with Crippen LogP contribution in [0.5, 0.6) is 0 Å². The van der Waals surface area contributed by atoms with Gasteiger partial charge in [0.05, 0.1) is 5.69 Å². The normalized spacial score (nSPS) is 13.4. The summed E-state index contributed by atoms with van der Waals surface area (Å²) in [4.78, 5) is 3.75. The van der Waals surface area contributed by atoms with Crippen molar-refractivity contribution in [3.8, 4) is 0 Å². The molecule has 1 rings (SSSR count). The Morgan fingerprint density at radius 3 is 2.50 bits per heavy atom. The van der Waals surface area contributed by atoms with Crippen LogP contribution < -0.4 is 5.73 Å². The SMILES string of the molecule is N[C@@H](c1ccc(Br)cn1)C(F)F. The Kier molecular flexibility index (Phi) is 3.11. The molecule has 12 heavy (non-hydrogen) atoms. The minimum atomic E-state index is -2.57. The van der Waals surface area contributed by atoms with E-state index in [1.165, 1.54) is 12.3 Å². The highest BCUT2D eigenvalue weighted by atomic mass is 79.9. The summed E-state index contributed by atoms with van der Waals surface area (Å²) in [6.07, 6.45) is -1.13. The molecule has 0 fully saturated rings. The molecule has 0 radical (unpaired) electrons. The van der Waals surface area contributed by atoms with Crippen molar-refractivity contribution in [1.82, 2.24) is 4.98 Å². The molecule has 1 atom stereocenters. The molecule has 0 aliphatic rings. The van der Waals surface area contributed by atoms with Crippen molar-refractivity contribution in [3.05, 3.63) is 28.5 Å². The van der Waals surface area contributed by atoms with Crippen molar-refractivity contribution in [3.63, 3.8) is 0 Å². The summed E-state index contributed by atoms with van der Waals surface area (Å²) in [5.41, 5.74) is 5.36. The summed E-state index contributed by atoms with van der Waals surface area (Å²) in [5, 5.41) is 0. The number of rotatable bonds is 2. The van der Waals surface area contributed by atoms with Gasteiger partial charge in [0, 0.05) is 10.7 Å². The van der Waals surface area contributed by atoms with Gasteiger partial charge in [-0.1, -0.05) is 0 Å². The van der Waals surface area contributed by atoms with E-state index in [1.54, 1.807) is 6.07 Å². The number of aromatic nitrogens is 1. The van der Waals surface area contributed by atoms with Crippen LogP contribution in [0, 0.1) is 0 Å². The van der Waals surface area contributed by atoms with Gasteiger partial charge >= 0.3 is 0 Å². The average Bonchev–Trinajstić information content (AvgIpc) is 2.04. The second-order valence-electron chi connectivity index (χ2n) is 2.26. The van der Waals surface area contributed by atoms with Gasteiger partial charge in [-0.25, -0.2) is 8.78 Å². The minimum absolute atomic E-state index is 0.202. The molecule has 0 spiro atoms. The Balaban J connectivity index is 2.82. The van der Waals surface area contributed by atoms with E-state index in [1.807, 2.05) is 0 Å². The molecule has 0 saturated heterocycles. The van der Waals surface area contributed by atoms with Crippen molar-refractivity contribution in [2.24, 2.45) is 5.73 Å². The van der Waals surface area contributed by atoms with Gasteiger partial charge in [-0.05, 0) is 28.1 Å². The van der Waals surface area contributed by atoms with Gasteiger partial charge in [-0.2, -0.15) is 0 Å². The summed E-state index contributed by atoms with van der Waals surface area (Å²) in [6, 6.07) is 1.81. The maximum atomic E-state index is 12.0. The van der Waals surface area contributed by atoms with Crippen molar-refractivity contribution < 1.29 is 8.78 Å². The maximum absolute atomic E-state index is 12.0. The van der Waals surface area contributed by atoms with E-state index in [4.69, 9.17) is 5.73 Å². The van der Waals surface area contributed by atoms with E-state index in [0.29, 0.717) is 0 Å². The zero-order chi connectivity index (χ0) is 9.14. The van der Waals surface area contributed by atoms with Gasteiger partial charge < -0.3 is 5.73 Å². The average molecular weight is 237 g/mol. The lowest BCUT2D eigenvalue weighted by molar-refractivity contribution is 0.114. The first-order valence-corrected chi connectivity index (χ1v) is 4.05. The lowest BCUT2D eigenvalue weighted by Gasteiger charge is -2.08. The highest BCUT2D eigenvalue weighted by molar-refractivity contribution is 9.10. The first-order valence-electron chi connectivity index (χ1n) is 3.26. The highest BCUT2D eigenvalue weighted by Crippen LogP contribution is 2.17. The lowest BCUT2D eigenvalue weighted by Crippen LogP contribution is -2.19. The van der Waals surface area contributed by atoms with E-state index >= 15 is 0 Å². The third-order valence-corrected chi connectivity index (χ3v) is 1.83. The number of pyridine rings is 1. The van der Waals surface area contributed by atoms with Gasteiger partial charge in [-0.15, -0.1) is 0 Å². The Bertz CT molecular complexity index is 250. The molecule has 0 bridgehead atoms. The molecule has 1 heterocycles. The standard InChI is InChI=1S/C7H7BrF2N2/c8-4-1-2-5(12-3-4)6(11)7(9)10/h1-3,6-7H,11H2/t6-/m0/s1. The largest absolute Gasteiger partial charge is 0.318 e. The lowest BCUT2D eigenvalue weighted by atomic mass is 10.2.